The molecule has 1 rings (SSSR count). The average Bonchev–Trinajstić information content (AvgIpc) is 3.52. The normalized spacial score (nSPS) is 19.8. The highest BCUT2D eigenvalue weighted by Crippen LogP contribution is 2.43. The maximum Gasteiger partial charge on any atom is 0.472 e. The standard InChI is InChI=1S/C48H79O13P/c1-3-5-7-8-9-10-11-12-13-14-15-16-17-18-19-20-21-22-27-31-47(54)58-38-42(39-60-62(56,57)59-37-41(51)36-49)61-48(55)32-28-24-23-26-30-43-44(46(53)35-45(43)52)34-33-40(50)29-25-6-4-2/h9-10,12-13,15-16,18-19,23,26,33-34,40-44,46,49-51,53H,3-8,11,14,17,20-22,24-25,27-32,35-39H2,1-2H3,(H,56,57)/b10-9-,13-12-,16-15-,19-18-,26-23-,34-33+/t40-,41-,42+,43+,44+,46+/m0/s1. The van der Waals surface area contributed by atoms with E-state index in [1.165, 1.54) is 19.3 Å². The van der Waals surface area contributed by atoms with E-state index >= 15 is 0 Å². The molecule has 1 aliphatic rings. The van der Waals surface area contributed by atoms with Gasteiger partial charge in [-0.05, 0) is 77.0 Å². The fourth-order valence-electron chi connectivity index (χ4n) is 6.54. The third-order valence-electron chi connectivity index (χ3n) is 10.2. The number of ether oxygens (including phenoxy) is 2. The number of esters is 2. The molecule has 14 heteroatoms. The lowest BCUT2D eigenvalue weighted by molar-refractivity contribution is -0.161. The van der Waals surface area contributed by atoms with Crippen molar-refractivity contribution in [2.75, 3.05) is 26.4 Å². The lowest BCUT2D eigenvalue weighted by Gasteiger charge is -2.20. The summed E-state index contributed by atoms with van der Waals surface area (Å²) in [5, 5.41) is 39.1. The van der Waals surface area contributed by atoms with E-state index in [9.17, 15) is 39.2 Å². The van der Waals surface area contributed by atoms with Gasteiger partial charge in [-0.2, -0.15) is 0 Å². The predicted molar refractivity (Wildman–Crippen MR) is 243 cm³/mol. The summed E-state index contributed by atoms with van der Waals surface area (Å²) < 4.78 is 32.7. The van der Waals surface area contributed by atoms with Gasteiger partial charge in [-0.25, -0.2) is 4.57 Å². The van der Waals surface area contributed by atoms with E-state index in [0.29, 0.717) is 32.1 Å². The van der Waals surface area contributed by atoms with Crippen molar-refractivity contribution >= 4 is 25.5 Å². The van der Waals surface area contributed by atoms with Crippen molar-refractivity contribution in [3.63, 3.8) is 0 Å². The van der Waals surface area contributed by atoms with Crippen LogP contribution in [-0.2, 0) is 37.5 Å². The molecule has 0 saturated heterocycles. The number of phosphoric acid groups is 1. The maximum atomic E-state index is 12.7. The Hall–Kier alpha value is -3.00. The molecule has 0 radical (unpaired) electrons. The van der Waals surface area contributed by atoms with E-state index < -0.39 is 76.5 Å². The van der Waals surface area contributed by atoms with E-state index in [-0.39, 0.29) is 31.0 Å². The van der Waals surface area contributed by atoms with Crippen LogP contribution in [0.1, 0.15) is 149 Å². The van der Waals surface area contributed by atoms with Crippen LogP contribution in [0.4, 0.5) is 0 Å². The minimum Gasteiger partial charge on any atom is -0.462 e. The van der Waals surface area contributed by atoms with Crippen molar-refractivity contribution in [2.24, 2.45) is 11.8 Å². The Bertz CT molecular complexity index is 1420. The molecule has 0 bridgehead atoms. The fraction of sp³-hybridized carbons (Fsp3) is 0.688. The molecule has 0 spiro atoms. The smallest absolute Gasteiger partial charge is 0.462 e. The number of Topliss-reactive ketones (excluding diaryl/α,β-unsaturated/α-hetero) is 1. The number of ketones is 1. The van der Waals surface area contributed by atoms with Gasteiger partial charge in [-0.3, -0.25) is 23.4 Å². The van der Waals surface area contributed by atoms with Crippen molar-refractivity contribution in [1.29, 1.82) is 0 Å². The van der Waals surface area contributed by atoms with Gasteiger partial charge in [-0.15, -0.1) is 0 Å². The number of aliphatic hydroxyl groups excluding tert-OH is 4. The van der Waals surface area contributed by atoms with Gasteiger partial charge < -0.3 is 34.8 Å². The van der Waals surface area contributed by atoms with Crippen LogP contribution in [-0.4, -0.2) is 93.9 Å². The molecule has 1 fully saturated rings. The van der Waals surface area contributed by atoms with Gasteiger partial charge in [0.25, 0.3) is 0 Å². The number of unbranched alkanes of at least 4 members (excludes halogenated alkanes) is 9. The lowest BCUT2D eigenvalue weighted by atomic mass is 9.90. The Kier molecular flexibility index (Phi) is 34.4. The van der Waals surface area contributed by atoms with Crippen LogP contribution in [0.25, 0.3) is 0 Å². The Labute approximate surface area is 371 Å². The van der Waals surface area contributed by atoms with Crippen molar-refractivity contribution in [3.8, 4) is 0 Å². The van der Waals surface area contributed by atoms with Crippen molar-refractivity contribution in [1.82, 2.24) is 0 Å². The van der Waals surface area contributed by atoms with Gasteiger partial charge >= 0.3 is 19.8 Å². The molecule has 1 unspecified atom stereocenters. The predicted octanol–water partition coefficient (Wildman–Crippen LogP) is 9.03. The van der Waals surface area contributed by atoms with E-state index in [0.717, 1.165) is 64.2 Å². The number of hydrogen-bond donors (Lipinski definition) is 5. The summed E-state index contributed by atoms with van der Waals surface area (Å²) in [5.74, 6) is -1.98. The number of carbonyl (C=O) groups excluding carboxylic acids is 3. The van der Waals surface area contributed by atoms with Crippen LogP contribution >= 0.6 is 7.82 Å². The van der Waals surface area contributed by atoms with Crippen LogP contribution in [0.15, 0.2) is 72.9 Å². The second-order valence-corrected chi connectivity index (χ2v) is 17.3. The molecule has 7 atom stereocenters. The molecule has 354 valence electrons. The van der Waals surface area contributed by atoms with Crippen molar-refractivity contribution in [2.45, 2.75) is 173 Å². The SMILES string of the molecule is CCCCC/C=C\C/C=C\C/C=C\C/C=C\CCCCCC(=O)OC[C@H](COP(=O)(O)OC[C@@H](O)CO)OC(=O)CCC/C=C\C[C@H]1C(=O)C[C@@H](O)[C@@H]1/C=C/[C@@H](O)CCCCC. The molecule has 5 N–H and O–H groups in total. The van der Waals surface area contributed by atoms with Crippen LogP contribution in [0.5, 0.6) is 0 Å². The molecule has 0 aromatic rings. The second-order valence-electron chi connectivity index (χ2n) is 15.8. The summed E-state index contributed by atoms with van der Waals surface area (Å²) in [4.78, 5) is 47.8. The highest BCUT2D eigenvalue weighted by molar-refractivity contribution is 7.47. The van der Waals surface area contributed by atoms with E-state index in [4.69, 9.17) is 19.1 Å². The van der Waals surface area contributed by atoms with Gasteiger partial charge in [0.05, 0.1) is 32.0 Å². The topological polar surface area (TPSA) is 206 Å². The van der Waals surface area contributed by atoms with Gasteiger partial charge in [0.2, 0.25) is 0 Å². The first-order valence-corrected chi connectivity index (χ1v) is 24.5. The number of hydrogen-bond acceptors (Lipinski definition) is 12. The second kappa shape index (κ2) is 37.4. The zero-order valence-corrected chi connectivity index (χ0v) is 38.4. The molecule has 62 heavy (non-hydrogen) atoms. The number of rotatable bonds is 38. The van der Waals surface area contributed by atoms with Crippen LogP contribution in [0.3, 0.4) is 0 Å². The Morgan fingerprint density at radius 2 is 1.29 bits per heavy atom. The summed E-state index contributed by atoms with van der Waals surface area (Å²) in [7, 11) is -4.71. The summed E-state index contributed by atoms with van der Waals surface area (Å²) in [6.45, 7) is 1.89. The summed E-state index contributed by atoms with van der Waals surface area (Å²) in [5.41, 5.74) is 0. The summed E-state index contributed by atoms with van der Waals surface area (Å²) in [6, 6.07) is 0. The maximum absolute atomic E-state index is 12.7. The minimum absolute atomic E-state index is 0.0213. The zero-order chi connectivity index (χ0) is 45.7. The monoisotopic (exact) mass is 895 g/mol. The average molecular weight is 895 g/mol. The largest absolute Gasteiger partial charge is 0.472 e. The molecule has 1 aliphatic carbocycles. The van der Waals surface area contributed by atoms with Crippen LogP contribution in [0, 0.1) is 11.8 Å². The first kappa shape index (κ1) is 57.0. The van der Waals surface area contributed by atoms with Crippen LogP contribution < -0.4 is 0 Å². The zero-order valence-electron chi connectivity index (χ0n) is 37.5. The molecular weight excluding hydrogens is 815 g/mol. The van der Waals surface area contributed by atoms with E-state index in [2.05, 4.69) is 67.0 Å². The van der Waals surface area contributed by atoms with E-state index in [1.54, 1.807) is 12.2 Å². The summed E-state index contributed by atoms with van der Waals surface area (Å²) >= 11 is 0. The molecule has 1 saturated carbocycles. The number of aliphatic hydroxyl groups is 4. The Morgan fingerprint density at radius 1 is 0.726 bits per heavy atom. The van der Waals surface area contributed by atoms with Gasteiger partial charge in [0.15, 0.2) is 6.10 Å². The summed E-state index contributed by atoms with van der Waals surface area (Å²) in [6.07, 6.45) is 36.6. The number of carbonyl (C=O) groups is 3. The fourth-order valence-corrected chi connectivity index (χ4v) is 7.33. The molecule has 0 heterocycles. The van der Waals surface area contributed by atoms with Crippen molar-refractivity contribution < 1.29 is 62.8 Å². The molecule has 0 amide bonds. The van der Waals surface area contributed by atoms with Gasteiger partial charge in [0.1, 0.15) is 18.5 Å². The molecule has 0 aromatic heterocycles. The third kappa shape index (κ3) is 30.9. The number of phosphoric ester groups is 1. The third-order valence-corrected chi connectivity index (χ3v) is 11.2. The quantitative estimate of drug-likeness (QED) is 0.0170. The van der Waals surface area contributed by atoms with Crippen LogP contribution in [0.2, 0.25) is 0 Å². The first-order valence-electron chi connectivity index (χ1n) is 23.0. The molecule has 0 aromatic carbocycles. The Morgan fingerprint density at radius 3 is 1.94 bits per heavy atom. The molecule has 13 nitrogen and oxygen atoms in total. The highest BCUT2D eigenvalue weighted by atomic mass is 31.2. The Balaban J connectivity index is 2.48. The first-order chi connectivity index (χ1) is 29.9. The number of allylic oxidation sites excluding steroid dienone is 10. The lowest BCUT2D eigenvalue weighted by Crippen LogP contribution is -2.29. The van der Waals surface area contributed by atoms with Crippen molar-refractivity contribution in [3.05, 3.63) is 72.9 Å². The van der Waals surface area contributed by atoms with Gasteiger partial charge in [-0.1, -0.05) is 125 Å². The molecular formula is C48H79O13P. The highest BCUT2D eigenvalue weighted by Gasteiger charge is 2.39. The molecule has 0 aliphatic heterocycles. The van der Waals surface area contributed by atoms with E-state index in [1.807, 2.05) is 12.2 Å². The van der Waals surface area contributed by atoms with Gasteiger partial charge in [0, 0.05) is 31.1 Å². The minimum atomic E-state index is -4.71.